The number of fused-ring (bicyclic) bond motifs is 2. The van der Waals surface area contributed by atoms with Crippen LogP contribution in [0.3, 0.4) is 0 Å². The second kappa shape index (κ2) is 7.30. The Labute approximate surface area is 178 Å². The van der Waals surface area contributed by atoms with E-state index in [-0.39, 0.29) is 18.2 Å². The Balaban J connectivity index is 1.53. The maximum atomic E-state index is 12.6. The van der Waals surface area contributed by atoms with Crippen LogP contribution < -0.4 is 10.2 Å². The van der Waals surface area contributed by atoms with Crippen LogP contribution >= 0.6 is 11.6 Å². The predicted molar refractivity (Wildman–Crippen MR) is 115 cm³/mol. The molecular formula is C21H25ClN4O2S. The van der Waals surface area contributed by atoms with E-state index >= 15 is 0 Å². The summed E-state index contributed by atoms with van der Waals surface area (Å²) in [6.07, 6.45) is 4.47. The molecule has 2 aliphatic heterocycles. The first-order valence-electron chi connectivity index (χ1n) is 10.2. The third kappa shape index (κ3) is 3.28. The molecule has 1 aliphatic carbocycles. The monoisotopic (exact) mass is 432 g/mol. The summed E-state index contributed by atoms with van der Waals surface area (Å²) in [6, 6.07) is 6.20. The fourth-order valence-corrected chi connectivity index (χ4v) is 6.15. The zero-order valence-electron chi connectivity index (χ0n) is 16.4. The Kier molecular flexibility index (Phi) is 4.89. The number of anilines is 2. The third-order valence-corrected chi connectivity index (χ3v) is 8.27. The van der Waals surface area contributed by atoms with E-state index in [0.29, 0.717) is 23.9 Å². The lowest BCUT2D eigenvalue weighted by molar-refractivity contribution is 0.143. The van der Waals surface area contributed by atoms with Gasteiger partial charge in [-0.05, 0) is 67.0 Å². The molecule has 6 nitrogen and oxygen atoms in total. The van der Waals surface area contributed by atoms with Crippen LogP contribution in [0.5, 0.6) is 0 Å². The van der Waals surface area contributed by atoms with E-state index in [1.54, 1.807) is 0 Å². The van der Waals surface area contributed by atoms with Crippen molar-refractivity contribution in [2.75, 3.05) is 29.1 Å². The van der Waals surface area contributed by atoms with Crippen molar-refractivity contribution in [1.29, 1.82) is 0 Å². The smallest absolute Gasteiger partial charge is 0.228 e. The lowest BCUT2D eigenvalue weighted by Crippen LogP contribution is -2.49. The summed E-state index contributed by atoms with van der Waals surface area (Å²) < 4.78 is 12.6. The molecule has 1 saturated carbocycles. The number of benzene rings is 1. The number of hydrogen-bond donors (Lipinski definition) is 2. The van der Waals surface area contributed by atoms with Crippen LogP contribution in [0, 0.1) is 0 Å². The van der Waals surface area contributed by atoms with Gasteiger partial charge in [-0.3, -0.25) is 0 Å². The molecule has 0 amide bonds. The third-order valence-electron chi connectivity index (χ3n) is 6.57. The number of aliphatic hydroxyl groups excluding tert-OH is 1. The Bertz CT molecular complexity index is 947. The van der Waals surface area contributed by atoms with Crippen molar-refractivity contribution < 1.29 is 9.66 Å². The molecule has 2 atom stereocenters. The molecule has 2 N–H and O–H groups in total. The van der Waals surface area contributed by atoms with Crippen molar-refractivity contribution in [3.63, 3.8) is 0 Å². The van der Waals surface area contributed by atoms with Gasteiger partial charge >= 0.3 is 0 Å². The molecule has 1 unspecified atom stereocenters. The highest BCUT2D eigenvalue weighted by molar-refractivity contribution is 7.91. The summed E-state index contributed by atoms with van der Waals surface area (Å²) in [5.41, 5.74) is 3.05. The standard InChI is InChI=1S/C21H25ClN4O2S/c1-13-16-4-3-15(22)11-14(16)5-9-26(13)20-23-17-6-10-29(28)18(17)19(24-20)25-21(12-27)7-2-8-21/h3-4,11,13,27H,2,5-10,12H2,1H3,(H,23,24,25)/t13-,29?/m1/s1. The van der Waals surface area contributed by atoms with Gasteiger partial charge in [-0.15, -0.1) is 0 Å². The maximum absolute atomic E-state index is 12.6. The summed E-state index contributed by atoms with van der Waals surface area (Å²) in [6.45, 7) is 3.03. The molecule has 0 spiro atoms. The number of nitrogens with one attached hydrogen (secondary N) is 1. The van der Waals surface area contributed by atoms with Gasteiger partial charge in [-0.2, -0.15) is 4.98 Å². The van der Waals surface area contributed by atoms with E-state index in [2.05, 4.69) is 23.2 Å². The molecule has 0 saturated heterocycles. The van der Waals surface area contributed by atoms with E-state index in [0.717, 1.165) is 47.8 Å². The first-order chi connectivity index (χ1) is 14.0. The highest BCUT2D eigenvalue weighted by Crippen LogP contribution is 2.40. The van der Waals surface area contributed by atoms with Crippen molar-refractivity contribution in [1.82, 2.24) is 9.97 Å². The molecule has 1 aromatic heterocycles. The highest BCUT2D eigenvalue weighted by Gasteiger charge is 2.41. The molecule has 3 heterocycles. The zero-order chi connectivity index (χ0) is 20.2. The average Bonchev–Trinajstić information content (AvgIpc) is 3.06. The fourth-order valence-electron chi connectivity index (χ4n) is 4.65. The summed E-state index contributed by atoms with van der Waals surface area (Å²) in [5.74, 6) is 1.90. The minimum atomic E-state index is -1.09. The van der Waals surface area contributed by atoms with E-state index in [4.69, 9.17) is 21.6 Å². The van der Waals surface area contributed by atoms with Gasteiger partial charge in [0.2, 0.25) is 10.8 Å². The van der Waals surface area contributed by atoms with Crippen molar-refractivity contribution >= 4 is 34.5 Å². The predicted octanol–water partition coefficient (Wildman–Crippen LogP) is 3.24. The minimum Gasteiger partial charge on any atom is -0.611 e. The number of rotatable bonds is 4. The maximum Gasteiger partial charge on any atom is 0.228 e. The van der Waals surface area contributed by atoms with Crippen LogP contribution in [0.25, 0.3) is 0 Å². The molecule has 8 heteroatoms. The topological polar surface area (TPSA) is 84.3 Å². The normalized spacial score (nSPS) is 24.6. The summed E-state index contributed by atoms with van der Waals surface area (Å²) >= 11 is 5.09. The van der Waals surface area contributed by atoms with Crippen molar-refractivity contribution in [3.8, 4) is 0 Å². The van der Waals surface area contributed by atoms with E-state index in [9.17, 15) is 9.66 Å². The summed E-state index contributed by atoms with van der Waals surface area (Å²) in [4.78, 5) is 12.6. The van der Waals surface area contributed by atoms with Crippen LogP contribution in [-0.4, -0.2) is 44.1 Å². The van der Waals surface area contributed by atoms with Gasteiger partial charge in [0, 0.05) is 18.0 Å². The Morgan fingerprint density at radius 1 is 1.34 bits per heavy atom. The Hall–Kier alpha value is -1.54. The minimum absolute atomic E-state index is 0.0575. The van der Waals surface area contributed by atoms with Gasteiger partial charge in [0.05, 0.1) is 18.2 Å². The van der Waals surface area contributed by atoms with E-state index < -0.39 is 11.2 Å². The average molecular weight is 433 g/mol. The largest absolute Gasteiger partial charge is 0.611 e. The van der Waals surface area contributed by atoms with Crippen molar-refractivity contribution in [2.45, 2.75) is 55.5 Å². The van der Waals surface area contributed by atoms with Gasteiger partial charge in [-0.1, -0.05) is 17.7 Å². The highest BCUT2D eigenvalue weighted by atomic mass is 35.5. The van der Waals surface area contributed by atoms with Gasteiger partial charge in [-0.25, -0.2) is 4.98 Å². The van der Waals surface area contributed by atoms with Crippen LogP contribution in [0.2, 0.25) is 5.02 Å². The molecule has 29 heavy (non-hydrogen) atoms. The SMILES string of the molecule is C[C@@H]1c2ccc(Cl)cc2CCN1c1nc2c(c(NC3(CO)CCC3)n1)[S+]([O-])CC2. The quantitative estimate of drug-likeness (QED) is 0.721. The fraction of sp³-hybridized carbons (Fsp3) is 0.524. The number of halogens is 1. The number of aliphatic hydroxyl groups is 1. The van der Waals surface area contributed by atoms with E-state index in [1.807, 2.05) is 12.1 Å². The van der Waals surface area contributed by atoms with E-state index in [1.165, 1.54) is 11.1 Å². The van der Waals surface area contributed by atoms with Crippen molar-refractivity contribution in [3.05, 3.63) is 40.0 Å². The zero-order valence-corrected chi connectivity index (χ0v) is 18.0. The summed E-state index contributed by atoms with van der Waals surface area (Å²) in [5, 5.41) is 14.1. The Morgan fingerprint density at radius 3 is 2.90 bits per heavy atom. The first-order valence-corrected chi connectivity index (χ1v) is 11.9. The van der Waals surface area contributed by atoms with Crippen molar-refractivity contribution in [2.24, 2.45) is 0 Å². The molecule has 1 fully saturated rings. The van der Waals surface area contributed by atoms with Crippen LogP contribution in [-0.2, 0) is 24.0 Å². The van der Waals surface area contributed by atoms with Crippen LogP contribution in [0.4, 0.5) is 11.8 Å². The number of aromatic nitrogens is 2. The molecule has 0 radical (unpaired) electrons. The molecular weight excluding hydrogens is 408 g/mol. The number of aryl methyl sites for hydroxylation is 1. The van der Waals surface area contributed by atoms with Crippen LogP contribution in [0.15, 0.2) is 23.1 Å². The molecule has 154 valence electrons. The molecule has 5 rings (SSSR count). The number of nitrogens with zero attached hydrogens (tertiary/aromatic N) is 3. The molecule has 1 aromatic carbocycles. The lowest BCUT2D eigenvalue weighted by atomic mass is 9.77. The van der Waals surface area contributed by atoms with Crippen LogP contribution in [0.1, 0.15) is 49.0 Å². The number of hydrogen-bond acceptors (Lipinski definition) is 6. The van der Waals surface area contributed by atoms with Gasteiger partial charge in [0.15, 0.2) is 5.82 Å². The van der Waals surface area contributed by atoms with Gasteiger partial charge in [0.1, 0.15) is 11.4 Å². The molecule has 3 aliphatic rings. The Morgan fingerprint density at radius 2 is 2.17 bits per heavy atom. The molecule has 2 aromatic rings. The summed E-state index contributed by atoms with van der Waals surface area (Å²) in [7, 11) is 0. The second-order valence-electron chi connectivity index (χ2n) is 8.33. The van der Waals surface area contributed by atoms with Gasteiger partial charge in [0.25, 0.3) is 0 Å². The first kappa shape index (κ1) is 19.4. The van der Waals surface area contributed by atoms with Gasteiger partial charge < -0.3 is 19.9 Å². The lowest BCUT2D eigenvalue weighted by Gasteiger charge is -2.41. The molecule has 0 bridgehead atoms. The second-order valence-corrected chi connectivity index (χ2v) is 10.3.